The summed E-state index contributed by atoms with van der Waals surface area (Å²) in [5, 5.41) is 16.0. The number of amides is 4. The highest BCUT2D eigenvalue weighted by atomic mass is 19.1. The van der Waals surface area contributed by atoms with Gasteiger partial charge < -0.3 is 15.0 Å². The molecule has 4 N–H and O–H groups in total. The molecule has 3 unspecified atom stereocenters. The van der Waals surface area contributed by atoms with Gasteiger partial charge in [-0.2, -0.15) is 5.10 Å². The molecule has 172 valence electrons. The standard InChI is InChI=1S/C22H24FN7O3/c1-12(13-2-4-16(23)5-3-13)25-21(31)26-19-6-18-17(7-24-19)20(29-28-18)27-22(32)30-8-14-10-33-11-15(14)9-30/h2-7,12,14-15H,8-11H2,1H3,(H2,24,25,26,31)(H2,27,28,29,32). The molecular weight excluding hydrogens is 429 g/mol. The van der Waals surface area contributed by atoms with Crippen LogP contribution in [0.2, 0.25) is 0 Å². The Morgan fingerprint density at radius 1 is 1.18 bits per heavy atom. The van der Waals surface area contributed by atoms with E-state index in [1.165, 1.54) is 12.1 Å². The van der Waals surface area contributed by atoms with Gasteiger partial charge in [-0.3, -0.25) is 15.7 Å². The average Bonchev–Trinajstić information content (AvgIpc) is 3.49. The number of nitrogens with zero attached hydrogens (tertiary/aromatic N) is 3. The summed E-state index contributed by atoms with van der Waals surface area (Å²) in [6, 6.07) is 6.60. The van der Waals surface area contributed by atoms with E-state index in [9.17, 15) is 14.0 Å². The minimum Gasteiger partial charge on any atom is -0.381 e. The van der Waals surface area contributed by atoms with Crippen LogP contribution in [0.1, 0.15) is 18.5 Å². The van der Waals surface area contributed by atoms with Crippen molar-refractivity contribution in [3.8, 4) is 0 Å². The fourth-order valence-electron chi connectivity index (χ4n) is 4.29. The molecule has 3 aromatic rings. The molecule has 0 bridgehead atoms. The number of urea groups is 2. The van der Waals surface area contributed by atoms with Gasteiger partial charge in [0.05, 0.1) is 30.2 Å². The van der Waals surface area contributed by atoms with E-state index in [0.29, 0.717) is 60.7 Å². The molecule has 4 amide bonds. The van der Waals surface area contributed by atoms with Crippen molar-refractivity contribution in [2.75, 3.05) is 36.9 Å². The van der Waals surface area contributed by atoms with Gasteiger partial charge in [0, 0.05) is 37.2 Å². The summed E-state index contributed by atoms with van der Waals surface area (Å²) in [6.45, 7) is 4.56. The first-order valence-corrected chi connectivity index (χ1v) is 10.8. The quantitative estimate of drug-likeness (QED) is 0.483. The normalized spacial score (nSPS) is 20.5. The van der Waals surface area contributed by atoms with Crippen LogP contribution in [-0.2, 0) is 4.74 Å². The second-order valence-corrected chi connectivity index (χ2v) is 8.45. The molecule has 1 aromatic carbocycles. The monoisotopic (exact) mass is 453 g/mol. The third-order valence-corrected chi connectivity index (χ3v) is 6.16. The number of nitrogens with one attached hydrogen (secondary N) is 4. The minimum atomic E-state index is -0.449. The van der Waals surface area contributed by atoms with Gasteiger partial charge in [0.25, 0.3) is 0 Å². The first-order valence-electron chi connectivity index (χ1n) is 10.8. The molecule has 11 heteroatoms. The lowest BCUT2D eigenvalue weighted by atomic mass is 10.0. The molecule has 3 atom stereocenters. The molecule has 0 spiro atoms. The summed E-state index contributed by atoms with van der Waals surface area (Å²) < 4.78 is 18.5. The molecule has 2 aromatic heterocycles. The number of hydrogen-bond donors (Lipinski definition) is 4. The Bertz CT molecular complexity index is 1170. The second-order valence-electron chi connectivity index (χ2n) is 8.45. The van der Waals surface area contributed by atoms with Crippen molar-refractivity contribution in [2.24, 2.45) is 11.8 Å². The van der Waals surface area contributed by atoms with Crippen LogP contribution in [0.5, 0.6) is 0 Å². The Balaban J connectivity index is 1.20. The van der Waals surface area contributed by atoms with Gasteiger partial charge in [0.2, 0.25) is 0 Å². The zero-order valence-electron chi connectivity index (χ0n) is 18.0. The zero-order chi connectivity index (χ0) is 22.9. The lowest BCUT2D eigenvalue weighted by Crippen LogP contribution is -2.34. The number of fused-ring (bicyclic) bond motifs is 2. The van der Waals surface area contributed by atoms with E-state index in [1.807, 2.05) is 0 Å². The molecule has 2 aliphatic heterocycles. The summed E-state index contributed by atoms with van der Waals surface area (Å²) in [6.07, 6.45) is 1.54. The number of aromatic nitrogens is 3. The lowest BCUT2D eigenvalue weighted by molar-refractivity contribution is 0.158. The number of aromatic amines is 1. The lowest BCUT2D eigenvalue weighted by Gasteiger charge is -2.17. The predicted molar refractivity (Wildman–Crippen MR) is 119 cm³/mol. The van der Waals surface area contributed by atoms with Crippen LogP contribution in [0.3, 0.4) is 0 Å². The van der Waals surface area contributed by atoms with Gasteiger partial charge in [0.15, 0.2) is 5.82 Å². The van der Waals surface area contributed by atoms with Crippen LogP contribution in [0.15, 0.2) is 36.5 Å². The highest BCUT2D eigenvalue weighted by molar-refractivity contribution is 6.00. The third-order valence-electron chi connectivity index (χ3n) is 6.16. The number of hydrogen-bond acceptors (Lipinski definition) is 5. The molecule has 10 nitrogen and oxygen atoms in total. The molecule has 33 heavy (non-hydrogen) atoms. The number of halogens is 1. The maximum atomic E-state index is 13.1. The van der Waals surface area contributed by atoms with E-state index in [-0.39, 0.29) is 17.9 Å². The molecule has 2 saturated heterocycles. The van der Waals surface area contributed by atoms with Gasteiger partial charge >= 0.3 is 12.1 Å². The van der Waals surface area contributed by atoms with Crippen molar-refractivity contribution in [1.82, 2.24) is 25.4 Å². The van der Waals surface area contributed by atoms with Crippen molar-refractivity contribution in [3.05, 3.63) is 47.9 Å². The SMILES string of the molecule is CC(NC(=O)Nc1cc2[nH]nc(NC(=O)N3CC4COCC4C3)c2cn1)c1ccc(F)cc1. The number of H-pyrrole nitrogens is 1. The predicted octanol–water partition coefficient (Wildman–Crippen LogP) is 3.09. The Morgan fingerprint density at radius 3 is 2.64 bits per heavy atom. The number of likely N-dealkylation sites (tertiary alicyclic amines) is 1. The molecule has 2 aliphatic rings. The number of carbonyl (C=O) groups is 2. The molecule has 5 rings (SSSR count). The van der Waals surface area contributed by atoms with Crippen LogP contribution >= 0.6 is 0 Å². The van der Waals surface area contributed by atoms with E-state index < -0.39 is 6.03 Å². The van der Waals surface area contributed by atoms with E-state index in [2.05, 4.69) is 31.1 Å². The fraction of sp³-hybridized carbons (Fsp3) is 0.364. The molecule has 0 radical (unpaired) electrons. The molecule has 0 aliphatic carbocycles. The van der Waals surface area contributed by atoms with Gasteiger partial charge in [0.1, 0.15) is 11.6 Å². The van der Waals surface area contributed by atoms with Crippen LogP contribution in [0.25, 0.3) is 10.9 Å². The summed E-state index contributed by atoms with van der Waals surface area (Å²) in [5.74, 6) is 1.18. The summed E-state index contributed by atoms with van der Waals surface area (Å²) >= 11 is 0. The Morgan fingerprint density at radius 2 is 1.91 bits per heavy atom. The van der Waals surface area contributed by atoms with Gasteiger partial charge in [-0.05, 0) is 24.6 Å². The first kappa shape index (κ1) is 21.1. The van der Waals surface area contributed by atoms with Crippen LogP contribution < -0.4 is 16.0 Å². The third kappa shape index (κ3) is 4.44. The molecular formula is C22H24FN7O3. The maximum absolute atomic E-state index is 13.1. The Hall–Kier alpha value is -3.73. The van der Waals surface area contributed by atoms with Crippen molar-refractivity contribution < 1.29 is 18.7 Å². The highest BCUT2D eigenvalue weighted by Gasteiger charge is 2.39. The van der Waals surface area contributed by atoms with Gasteiger partial charge in [-0.15, -0.1) is 0 Å². The number of rotatable bonds is 4. The number of benzene rings is 1. The number of ether oxygens (including phenoxy) is 1. The van der Waals surface area contributed by atoms with E-state index in [0.717, 1.165) is 5.56 Å². The van der Waals surface area contributed by atoms with Crippen molar-refractivity contribution in [2.45, 2.75) is 13.0 Å². The number of carbonyl (C=O) groups excluding carboxylic acids is 2. The highest BCUT2D eigenvalue weighted by Crippen LogP contribution is 2.30. The van der Waals surface area contributed by atoms with Crippen molar-refractivity contribution in [1.29, 1.82) is 0 Å². The van der Waals surface area contributed by atoms with E-state index in [1.54, 1.807) is 36.2 Å². The molecule has 0 saturated carbocycles. The van der Waals surface area contributed by atoms with E-state index in [4.69, 9.17) is 4.74 Å². The number of anilines is 2. The maximum Gasteiger partial charge on any atom is 0.323 e. The molecule has 2 fully saturated rings. The number of pyridine rings is 1. The smallest absolute Gasteiger partial charge is 0.323 e. The fourth-order valence-corrected chi connectivity index (χ4v) is 4.29. The zero-order valence-corrected chi connectivity index (χ0v) is 18.0. The average molecular weight is 453 g/mol. The van der Waals surface area contributed by atoms with Crippen LogP contribution in [-0.4, -0.2) is 58.4 Å². The minimum absolute atomic E-state index is 0.200. The topological polar surface area (TPSA) is 124 Å². The molecule has 4 heterocycles. The van der Waals surface area contributed by atoms with Gasteiger partial charge in [-0.1, -0.05) is 12.1 Å². The van der Waals surface area contributed by atoms with E-state index >= 15 is 0 Å². The summed E-state index contributed by atoms with van der Waals surface area (Å²) in [7, 11) is 0. The van der Waals surface area contributed by atoms with Crippen molar-refractivity contribution in [3.63, 3.8) is 0 Å². The van der Waals surface area contributed by atoms with Crippen molar-refractivity contribution >= 4 is 34.6 Å². The summed E-state index contributed by atoms with van der Waals surface area (Å²) in [5.41, 5.74) is 1.40. The Kier molecular flexibility index (Phi) is 5.55. The largest absolute Gasteiger partial charge is 0.381 e. The first-order chi connectivity index (χ1) is 16.0. The van der Waals surface area contributed by atoms with Crippen LogP contribution in [0, 0.1) is 17.7 Å². The summed E-state index contributed by atoms with van der Waals surface area (Å²) in [4.78, 5) is 31.0. The second kappa shape index (κ2) is 8.66. The van der Waals surface area contributed by atoms with Gasteiger partial charge in [-0.25, -0.2) is 19.0 Å². The Labute approximate surface area is 188 Å². The van der Waals surface area contributed by atoms with Crippen LogP contribution in [0.4, 0.5) is 25.6 Å².